The van der Waals surface area contributed by atoms with Gasteiger partial charge >= 0.3 is 0 Å². The third kappa shape index (κ3) is 2.33. The number of rotatable bonds is 3. The molecule has 1 aromatic carbocycles. The highest BCUT2D eigenvalue weighted by atomic mass is 15.3. The molecule has 1 aromatic heterocycles. The molecule has 1 fully saturated rings. The van der Waals surface area contributed by atoms with Crippen LogP contribution in [0.5, 0.6) is 0 Å². The number of hydrogen-bond acceptors (Lipinski definition) is 2. The molecular weight excluding hydrogens is 270 g/mol. The van der Waals surface area contributed by atoms with Gasteiger partial charge in [0.05, 0.1) is 11.4 Å². The molecule has 0 bridgehead atoms. The van der Waals surface area contributed by atoms with Crippen LogP contribution in [0.1, 0.15) is 61.8 Å². The van der Waals surface area contributed by atoms with Crippen LogP contribution in [-0.2, 0) is 12.8 Å². The van der Waals surface area contributed by atoms with E-state index in [1.165, 1.54) is 60.4 Å². The topological polar surface area (TPSA) is 29.9 Å². The Balaban J connectivity index is 1.73. The fourth-order valence-corrected chi connectivity index (χ4v) is 3.96. The normalized spacial score (nSPS) is 18.2. The lowest BCUT2D eigenvalue weighted by atomic mass is 9.85. The van der Waals surface area contributed by atoms with Crippen LogP contribution in [0.3, 0.4) is 0 Å². The van der Waals surface area contributed by atoms with Gasteiger partial charge in [-0.05, 0) is 43.4 Å². The molecule has 0 radical (unpaired) electrons. The van der Waals surface area contributed by atoms with Gasteiger partial charge in [0.15, 0.2) is 0 Å². The largest absolute Gasteiger partial charge is 0.369 e. The van der Waals surface area contributed by atoms with E-state index in [2.05, 4.69) is 41.2 Å². The summed E-state index contributed by atoms with van der Waals surface area (Å²) in [6.07, 6.45) is 8.99. The minimum absolute atomic E-state index is 0.679. The van der Waals surface area contributed by atoms with E-state index < -0.39 is 0 Å². The van der Waals surface area contributed by atoms with Gasteiger partial charge in [-0.3, -0.25) is 0 Å². The molecule has 1 N–H and O–H groups in total. The molecule has 1 aliphatic carbocycles. The van der Waals surface area contributed by atoms with Gasteiger partial charge in [0.2, 0.25) is 0 Å². The number of benzene rings is 1. The van der Waals surface area contributed by atoms with Crippen LogP contribution in [0.15, 0.2) is 24.3 Å². The molecule has 0 amide bonds. The standard InChI is InChI=1S/C19H25N3/c1-2-14-8-10-16(11-9-14)22-19-17(12-13-20-19)18(21-22)15-6-4-3-5-7-15/h8-11,15,20H,2-7,12-13H2,1H3. The minimum Gasteiger partial charge on any atom is -0.369 e. The molecule has 22 heavy (non-hydrogen) atoms. The zero-order chi connectivity index (χ0) is 14.9. The van der Waals surface area contributed by atoms with E-state index in [0.717, 1.165) is 19.4 Å². The monoisotopic (exact) mass is 295 g/mol. The van der Waals surface area contributed by atoms with Crippen molar-refractivity contribution in [3.8, 4) is 5.69 Å². The molecule has 3 nitrogen and oxygen atoms in total. The Kier molecular flexibility index (Phi) is 3.65. The first-order valence-corrected chi connectivity index (χ1v) is 8.82. The summed E-state index contributed by atoms with van der Waals surface area (Å²) in [4.78, 5) is 0. The van der Waals surface area contributed by atoms with Crippen molar-refractivity contribution in [3.63, 3.8) is 0 Å². The number of nitrogens with one attached hydrogen (secondary N) is 1. The SMILES string of the molecule is CCc1ccc(-n2nc(C3CCCCC3)c3c2NCC3)cc1. The molecule has 4 rings (SSSR count). The zero-order valence-corrected chi connectivity index (χ0v) is 13.4. The van der Waals surface area contributed by atoms with E-state index in [9.17, 15) is 0 Å². The van der Waals surface area contributed by atoms with E-state index in [-0.39, 0.29) is 0 Å². The van der Waals surface area contributed by atoms with E-state index in [1.807, 2.05) is 0 Å². The fraction of sp³-hybridized carbons (Fsp3) is 0.526. The average Bonchev–Trinajstić information content (AvgIpc) is 3.18. The second-order valence-electron chi connectivity index (χ2n) is 6.66. The van der Waals surface area contributed by atoms with Crippen molar-refractivity contribution >= 4 is 5.82 Å². The Morgan fingerprint density at radius 2 is 1.91 bits per heavy atom. The summed E-state index contributed by atoms with van der Waals surface area (Å²) in [7, 11) is 0. The van der Waals surface area contributed by atoms with E-state index in [4.69, 9.17) is 5.10 Å². The number of hydrogen-bond donors (Lipinski definition) is 1. The smallest absolute Gasteiger partial charge is 0.133 e. The van der Waals surface area contributed by atoms with Crippen LogP contribution < -0.4 is 5.32 Å². The van der Waals surface area contributed by atoms with Crippen molar-refractivity contribution in [1.82, 2.24) is 9.78 Å². The summed E-state index contributed by atoms with van der Waals surface area (Å²) >= 11 is 0. The van der Waals surface area contributed by atoms with E-state index in [0.29, 0.717) is 5.92 Å². The Labute approximate surface area is 132 Å². The van der Waals surface area contributed by atoms with Crippen molar-refractivity contribution in [1.29, 1.82) is 0 Å². The first-order valence-electron chi connectivity index (χ1n) is 8.82. The summed E-state index contributed by atoms with van der Waals surface area (Å²) in [6, 6.07) is 8.85. The quantitative estimate of drug-likeness (QED) is 0.906. The first kappa shape index (κ1) is 13.9. The number of aryl methyl sites for hydroxylation is 1. The predicted octanol–water partition coefficient (Wildman–Crippen LogP) is 4.45. The van der Waals surface area contributed by atoms with Gasteiger partial charge in [0.1, 0.15) is 5.82 Å². The van der Waals surface area contributed by atoms with Crippen LogP contribution in [0.4, 0.5) is 5.82 Å². The minimum atomic E-state index is 0.679. The molecular formula is C19H25N3. The van der Waals surface area contributed by atoms with Gasteiger partial charge in [-0.2, -0.15) is 5.10 Å². The number of fused-ring (bicyclic) bond motifs is 1. The third-order valence-corrected chi connectivity index (χ3v) is 5.26. The molecule has 0 saturated heterocycles. The molecule has 1 saturated carbocycles. The van der Waals surface area contributed by atoms with Gasteiger partial charge in [-0.1, -0.05) is 38.3 Å². The van der Waals surface area contributed by atoms with Gasteiger partial charge < -0.3 is 5.32 Å². The molecule has 1 aliphatic heterocycles. The Morgan fingerprint density at radius 3 is 2.64 bits per heavy atom. The van der Waals surface area contributed by atoms with Crippen LogP contribution in [0.2, 0.25) is 0 Å². The summed E-state index contributed by atoms with van der Waals surface area (Å²) in [5, 5.41) is 8.59. The number of anilines is 1. The zero-order valence-electron chi connectivity index (χ0n) is 13.4. The Bertz CT molecular complexity index is 648. The summed E-state index contributed by atoms with van der Waals surface area (Å²) < 4.78 is 2.14. The Morgan fingerprint density at radius 1 is 1.14 bits per heavy atom. The first-order chi connectivity index (χ1) is 10.9. The molecule has 0 atom stereocenters. The molecule has 2 aromatic rings. The van der Waals surface area contributed by atoms with Crippen molar-refractivity contribution in [2.45, 2.75) is 57.8 Å². The van der Waals surface area contributed by atoms with Gasteiger partial charge in [0, 0.05) is 18.0 Å². The predicted molar refractivity (Wildman–Crippen MR) is 91.0 cm³/mol. The molecule has 0 spiro atoms. The van der Waals surface area contributed by atoms with E-state index in [1.54, 1.807) is 0 Å². The van der Waals surface area contributed by atoms with Gasteiger partial charge in [0.25, 0.3) is 0 Å². The van der Waals surface area contributed by atoms with Crippen molar-refractivity contribution < 1.29 is 0 Å². The van der Waals surface area contributed by atoms with Crippen molar-refractivity contribution in [2.24, 2.45) is 0 Å². The second kappa shape index (κ2) is 5.79. The van der Waals surface area contributed by atoms with Crippen LogP contribution in [-0.4, -0.2) is 16.3 Å². The highest BCUT2D eigenvalue weighted by Gasteiger charge is 2.28. The fourth-order valence-electron chi connectivity index (χ4n) is 3.96. The third-order valence-electron chi connectivity index (χ3n) is 5.26. The molecule has 3 heteroatoms. The number of nitrogens with zero attached hydrogens (tertiary/aromatic N) is 2. The molecule has 2 aliphatic rings. The second-order valence-corrected chi connectivity index (χ2v) is 6.66. The Hall–Kier alpha value is -1.77. The lowest BCUT2D eigenvalue weighted by Gasteiger charge is -2.20. The average molecular weight is 295 g/mol. The molecule has 2 heterocycles. The summed E-state index contributed by atoms with van der Waals surface area (Å²) in [5.41, 5.74) is 5.42. The highest BCUT2D eigenvalue weighted by Crippen LogP contribution is 2.38. The lowest BCUT2D eigenvalue weighted by molar-refractivity contribution is 0.433. The van der Waals surface area contributed by atoms with E-state index >= 15 is 0 Å². The lowest BCUT2D eigenvalue weighted by Crippen LogP contribution is -2.09. The summed E-state index contributed by atoms with van der Waals surface area (Å²) in [6.45, 7) is 3.25. The van der Waals surface area contributed by atoms with Crippen LogP contribution in [0, 0.1) is 0 Å². The van der Waals surface area contributed by atoms with Crippen LogP contribution >= 0.6 is 0 Å². The highest BCUT2D eigenvalue weighted by molar-refractivity contribution is 5.57. The molecule has 116 valence electrons. The summed E-state index contributed by atoms with van der Waals surface area (Å²) in [5.74, 6) is 1.92. The maximum absolute atomic E-state index is 5.04. The van der Waals surface area contributed by atoms with Gasteiger partial charge in [-0.25, -0.2) is 4.68 Å². The molecule has 0 unspecified atom stereocenters. The number of aromatic nitrogens is 2. The van der Waals surface area contributed by atoms with Gasteiger partial charge in [-0.15, -0.1) is 0 Å². The van der Waals surface area contributed by atoms with Crippen molar-refractivity contribution in [2.75, 3.05) is 11.9 Å². The maximum Gasteiger partial charge on any atom is 0.133 e. The maximum atomic E-state index is 5.04. The van der Waals surface area contributed by atoms with Crippen LogP contribution in [0.25, 0.3) is 5.69 Å². The van der Waals surface area contributed by atoms with Crippen molar-refractivity contribution in [3.05, 3.63) is 41.1 Å².